The Morgan fingerprint density at radius 2 is 1.16 bits per heavy atom. The zero-order chi connectivity index (χ0) is 42.4. The summed E-state index contributed by atoms with van der Waals surface area (Å²) < 4.78 is 2.43. The molecule has 11 rings (SSSR count). The van der Waals surface area contributed by atoms with Crippen LogP contribution in [0.1, 0.15) is 58.2 Å². The van der Waals surface area contributed by atoms with E-state index in [-0.39, 0.29) is 10.8 Å². The van der Waals surface area contributed by atoms with Gasteiger partial charge in [0.15, 0.2) is 8.07 Å². The molecular formula is C57H52N4Si. The summed E-state index contributed by atoms with van der Waals surface area (Å²) in [6.45, 7) is 15.4. The van der Waals surface area contributed by atoms with E-state index in [2.05, 4.69) is 232 Å². The lowest BCUT2D eigenvalue weighted by Crippen LogP contribution is -2.72. The van der Waals surface area contributed by atoms with Crippen molar-refractivity contribution >= 4 is 67.7 Å². The minimum atomic E-state index is -2.92. The van der Waals surface area contributed by atoms with Gasteiger partial charge in [-0.1, -0.05) is 163 Å². The van der Waals surface area contributed by atoms with Gasteiger partial charge < -0.3 is 9.80 Å². The molecule has 0 fully saturated rings. The molecule has 0 saturated carbocycles. The van der Waals surface area contributed by atoms with Gasteiger partial charge in [-0.25, -0.2) is 4.98 Å². The van der Waals surface area contributed by atoms with E-state index in [9.17, 15) is 0 Å². The number of hydrogen-bond acceptors (Lipinski definition) is 3. The van der Waals surface area contributed by atoms with Crippen LogP contribution in [0.5, 0.6) is 0 Å². The Hall–Kier alpha value is -6.69. The van der Waals surface area contributed by atoms with Gasteiger partial charge in [-0.15, -0.1) is 0 Å². The molecule has 4 nitrogen and oxygen atoms in total. The predicted molar refractivity (Wildman–Crippen MR) is 265 cm³/mol. The van der Waals surface area contributed by atoms with E-state index in [1.807, 2.05) is 6.20 Å². The molecule has 9 aromatic rings. The number of pyridine rings is 1. The maximum absolute atomic E-state index is 5.11. The number of fused-ring (bicyclic) bond motifs is 7. The first-order chi connectivity index (χ1) is 30.0. The van der Waals surface area contributed by atoms with Gasteiger partial charge in [-0.3, -0.25) is 4.57 Å². The van der Waals surface area contributed by atoms with E-state index in [1.165, 1.54) is 87.4 Å². The molecule has 0 bridgehead atoms. The highest BCUT2D eigenvalue weighted by atomic mass is 28.3. The highest BCUT2D eigenvalue weighted by Crippen LogP contribution is 2.42. The van der Waals surface area contributed by atoms with Crippen LogP contribution in [0, 0.1) is 0 Å². The van der Waals surface area contributed by atoms with Crippen molar-refractivity contribution in [2.24, 2.45) is 0 Å². The van der Waals surface area contributed by atoms with E-state index in [0.717, 1.165) is 19.0 Å². The van der Waals surface area contributed by atoms with Gasteiger partial charge in [-0.05, 0) is 114 Å². The van der Waals surface area contributed by atoms with Crippen molar-refractivity contribution in [3.8, 4) is 16.9 Å². The molecular weight excluding hydrogens is 769 g/mol. The van der Waals surface area contributed by atoms with Crippen LogP contribution in [-0.2, 0) is 17.4 Å². The van der Waals surface area contributed by atoms with Crippen LogP contribution in [0.4, 0.5) is 17.1 Å². The van der Waals surface area contributed by atoms with Crippen LogP contribution in [0.25, 0.3) is 38.8 Å². The van der Waals surface area contributed by atoms with Crippen molar-refractivity contribution in [1.82, 2.24) is 9.55 Å². The van der Waals surface area contributed by atoms with Crippen molar-refractivity contribution in [1.29, 1.82) is 0 Å². The Labute approximate surface area is 366 Å². The largest absolute Gasteiger partial charge is 0.347 e. The molecule has 7 aromatic carbocycles. The SMILES string of the molecule is CC(C)(C)c1ccnc(-n2c3ccc(C(C)(C)C)cc3c3ccc([Si]4(c5cccc(N6CN(Cc7ccccc7)c7ccccc76)c5)c5ccccc5-c5ccccc54)cc32)c1. The summed E-state index contributed by atoms with van der Waals surface area (Å²) in [6.07, 6.45) is 1.99. The molecule has 2 aliphatic heterocycles. The van der Waals surface area contributed by atoms with Crippen LogP contribution in [-0.4, -0.2) is 24.3 Å². The van der Waals surface area contributed by atoms with Crippen LogP contribution < -0.4 is 30.5 Å². The molecule has 0 unspecified atom stereocenters. The molecule has 2 aromatic heterocycles. The molecule has 0 aliphatic carbocycles. The average Bonchev–Trinajstić information content (AvgIpc) is 3.92. The van der Waals surface area contributed by atoms with Gasteiger partial charge in [0.05, 0.1) is 29.1 Å². The second kappa shape index (κ2) is 14.2. The Bertz CT molecular complexity index is 3140. The number of rotatable bonds is 6. The highest BCUT2D eigenvalue weighted by Gasteiger charge is 2.49. The van der Waals surface area contributed by atoms with Gasteiger partial charge in [0.1, 0.15) is 5.82 Å². The zero-order valence-electron chi connectivity index (χ0n) is 36.5. The van der Waals surface area contributed by atoms with E-state index >= 15 is 0 Å². The predicted octanol–water partition coefficient (Wildman–Crippen LogP) is 11.2. The Morgan fingerprint density at radius 3 is 1.89 bits per heavy atom. The van der Waals surface area contributed by atoms with Gasteiger partial charge >= 0.3 is 0 Å². The summed E-state index contributed by atoms with van der Waals surface area (Å²) in [5.41, 5.74) is 12.7. The first-order valence-electron chi connectivity index (χ1n) is 22.0. The molecule has 304 valence electrons. The lowest BCUT2D eigenvalue weighted by Gasteiger charge is -2.32. The van der Waals surface area contributed by atoms with E-state index < -0.39 is 8.07 Å². The lowest BCUT2D eigenvalue weighted by molar-refractivity contribution is 0.588. The highest BCUT2D eigenvalue weighted by molar-refractivity contribution is 7.22. The van der Waals surface area contributed by atoms with Gasteiger partial charge in [-0.2, -0.15) is 0 Å². The Balaban J connectivity index is 1.16. The Kier molecular flexibility index (Phi) is 8.75. The number of aromatic nitrogens is 2. The van der Waals surface area contributed by atoms with Gasteiger partial charge in [0, 0.05) is 29.2 Å². The van der Waals surface area contributed by atoms with E-state index in [4.69, 9.17) is 4.98 Å². The molecule has 5 heteroatoms. The molecule has 0 spiro atoms. The maximum atomic E-state index is 5.11. The first kappa shape index (κ1) is 38.2. The van der Waals surface area contributed by atoms with Crippen LogP contribution >= 0.6 is 0 Å². The second-order valence-electron chi connectivity index (χ2n) is 19.3. The monoisotopic (exact) mass is 820 g/mol. The van der Waals surface area contributed by atoms with Crippen molar-refractivity contribution in [3.05, 3.63) is 199 Å². The minimum Gasteiger partial charge on any atom is -0.347 e. The van der Waals surface area contributed by atoms with E-state index in [1.54, 1.807) is 0 Å². The molecule has 0 radical (unpaired) electrons. The summed E-state index contributed by atoms with van der Waals surface area (Å²) in [5, 5.41) is 8.16. The van der Waals surface area contributed by atoms with Crippen LogP contribution in [0.15, 0.2) is 182 Å². The van der Waals surface area contributed by atoms with E-state index in [0.29, 0.717) is 0 Å². The van der Waals surface area contributed by atoms with Gasteiger partial charge in [0.2, 0.25) is 0 Å². The van der Waals surface area contributed by atoms with Crippen LogP contribution in [0.2, 0.25) is 0 Å². The molecule has 0 saturated heterocycles. The third-order valence-electron chi connectivity index (χ3n) is 13.5. The molecule has 4 heterocycles. The summed E-state index contributed by atoms with van der Waals surface area (Å²) in [4.78, 5) is 10.1. The standard InChI is InChI=1S/C57H52N4Si/c1-56(2,3)40-27-30-49-48(33-40)45-29-28-44(36-52(45)61(49)55-34-41(31-32-58-55)57(4,5)6)62(53-25-14-10-21-46(53)47-22-11-15-26-54(47)62)43-20-16-19-42(35-43)60-38-59(37-39-17-8-7-9-18-39)50-23-12-13-24-51(50)60/h7-36H,37-38H2,1-6H3. The molecule has 0 atom stereocenters. The van der Waals surface area contributed by atoms with Crippen molar-refractivity contribution in [2.45, 2.75) is 58.9 Å². The normalized spacial score (nSPS) is 14.4. The minimum absolute atomic E-state index is 0.0145. The zero-order valence-corrected chi connectivity index (χ0v) is 37.5. The number of nitrogens with zero attached hydrogens (tertiary/aromatic N) is 4. The molecule has 0 amide bonds. The first-order valence-corrected chi connectivity index (χ1v) is 24.0. The van der Waals surface area contributed by atoms with Gasteiger partial charge in [0.25, 0.3) is 0 Å². The third kappa shape index (κ3) is 5.97. The summed E-state index contributed by atoms with van der Waals surface area (Å²) in [6, 6.07) is 66.7. The maximum Gasteiger partial charge on any atom is 0.181 e. The number of anilines is 3. The second-order valence-corrected chi connectivity index (χ2v) is 23.1. The van der Waals surface area contributed by atoms with Crippen molar-refractivity contribution < 1.29 is 0 Å². The summed E-state index contributed by atoms with van der Waals surface area (Å²) in [7, 11) is -2.92. The number of hydrogen-bond donors (Lipinski definition) is 0. The molecule has 0 N–H and O–H groups in total. The summed E-state index contributed by atoms with van der Waals surface area (Å²) >= 11 is 0. The van der Waals surface area contributed by atoms with Crippen LogP contribution in [0.3, 0.4) is 0 Å². The lowest BCUT2D eigenvalue weighted by atomic mass is 9.86. The smallest absolute Gasteiger partial charge is 0.181 e. The number of benzene rings is 7. The topological polar surface area (TPSA) is 24.3 Å². The fourth-order valence-electron chi connectivity index (χ4n) is 10.3. The fraction of sp³-hybridized carbons (Fsp3) is 0.175. The van der Waals surface area contributed by atoms with Crippen molar-refractivity contribution in [2.75, 3.05) is 16.5 Å². The molecule has 62 heavy (non-hydrogen) atoms. The average molecular weight is 821 g/mol. The van der Waals surface area contributed by atoms with Crippen molar-refractivity contribution in [3.63, 3.8) is 0 Å². The molecule has 2 aliphatic rings. The fourth-order valence-corrected chi connectivity index (χ4v) is 15.5. The third-order valence-corrected chi connectivity index (χ3v) is 18.3. The number of para-hydroxylation sites is 2. The Morgan fingerprint density at radius 1 is 0.516 bits per heavy atom. The quantitative estimate of drug-likeness (QED) is 0.156. The summed E-state index contributed by atoms with van der Waals surface area (Å²) in [5.74, 6) is 0.954.